The second-order valence-electron chi connectivity index (χ2n) is 5.82. The number of nitrogens with zero attached hydrogens (tertiary/aromatic N) is 1. The number of carbonyl (C=O) groups is 2. The Balaban J connectivity index is 1.69. The number of likely N-dealkylation sites (tertiary alicyclic amines) is 1. The molecule has 2 fully saturated rings. The molecule has 0 bridgehead atoms. The molecule has 2 heterocycles. The molecular formula is C15H20N2O2S. The molecule has 1 saturated heterocycles. The Kier molecular flexibility index (Phi) is 3.78. The van der Waals surface area contributed by atoms with E-state index in [4.69, 9.17) is 0 Å². The van der Waals surface area contributed by atoms with Gasteiger partial charge in [0.25, 0.3) is 0 Å². The fraction of sp³-hybridized carbons (Fsp3) is 0.600. The molecule has 0 aromatic carbocycles. The number of thiophene rings is 1. The predicted molar refractivity (Wildman–Crippen MR) is 78.3 cm³/mol. The summed E-state index contributed by atoms with van der Waals surface area (Å²) in [7, 11) is 1.80. The fourth-order valence-corrected chi connectivity index (χ4v) is 3.96. The lowest BCUT2D eigenvalue weighted by molar-refractivity contribution is -0.128. The standard InChI is InChI=1S/C15H20N2O2S/c1-17-13(18)8-11(14(17)12-6-3-7-20-12)15(19)16-9-10-4-2-5-10/h3,6-7,10-11,14H,2,4-5,8-9H2,1H3,(H,16,19). The number of carbonyl (C=O) groups excluding carboxylic acids is 2. The third-order valence-electron chi connectivity index (χ3n) is 4.55. The highest BCUT2D eigenvalue weighted by atomic mass is 32.1. The van der Waals surface area contributed by atoms with E-state index >= 15 is 0 Å². The quantitative estimate of drug-likeness (QED) is 0.924. The summed E-state index contributed by atoms with van der Waals surface area (Å²) in [6.07, 6.45) is 4.05. The van der Waals surface area contributed by atoms with Gasteiger partial charge in [0.05, 0.1) is 12.0 Å². The third-order valence-corrected chi connectivity index (χ3v) is 5.49. The van der Waals surface area contributed by atoms with Crippen LogP contribution in [0.2, 0.25) is 0 Å². The molecule has 2 aliphatic rings. The third kappa shape index (κ3) is 2.46. The first-order chi connectivity index (χ1) is 9.66. The Morgan fingerprint density at radius 2 is 2.30 bits per heavy atom. The lowest BCUT2D eigenvalue weighted by Crippen LogP contribution is -2.38. The smallest absolute Gasteiger partial charge is 0.226 e. The molecule has 1 aliphatic carbocycles. The molecule has 2 unspecified atom stereocenters. The van der Waals surface area contributed by atoms with Crippen LogP contribution in [0.5, 0.6) is 0 Å². The molecule has 20 heavy (non-hydrogen) atoms. The summed E-state index contributed by atoms with van der Waals surface area (Å²) in [5.74, 6) is 0.500. The summed E-state index contributed by atoms with van der Waals surface area (Å²) in [4.78, 5) is 27.2. The summed E-state index contributed by atoms with van der Waals surface area (Å²) in [5, 5.41) is 5.04. The highest BCUT2D eigenvalue weighted by molar-refractivity contribution is 7.10. The van der Waals surface area contributed by atoms with Crippen molar-refractivity contribution in [2.45, 2.75) is 31.7 Å². The van der Waals surface area contributed by atoms with Gasteiger partial charge < -0.3 is 10.2 Å². The van der Waals surface area contributed by atoms with Crippen molar-refractivity contribution in [1.82, 2.24) is 10.2 Å². The molecule has 1 aromatic heterocycles. The van der Waals surface area contributed by atoms with Crippen molar-refractivity contribution in [3.63, 3.8) is 0 Å². The predicted octanol–water partition coefficient (Wildman–Crippen LogP) is 2.18. The summed E-state index contributed by atoms with van der Waals surface area (Å²) in [6.45, 7) is 0.768. The van der Waals surface area contributed by atoms with Crippen LogP contribution in [0.25, 0.3) is 0 Å². The van der Waals surface area contributed by atoms with E-state index in [0.717, 1.165) is 11.4 Å². The van der Waals surface area contributed by atoms with Crippen molar-refractivity contribution < 1.29 is 9.59 Å². The first kappa shape index (κ1) is 13.6. The minimum absolute atomic E-state index is 0.0352. The molecule has 1 saturated carbocycles. The van der Waals surface area contributed by atoms with Crippen molar-refractivity contribution in [2.24, 2.45) is 11.8 Å². The van der Waals surface area contributed by atoms with E-state index in [1.165, 1.54) is 19.3 Å². The van der Waals surface area contributed by atoms with E-state index in [2.05, 4.69) is 5.32 Å². The van der Waals surface area contributed by atoms with Crippen LogP contribution in [0.1, 0.15) is 36.6 Å². The zero-order valence-corrected chi connectivity index (χ0v) is 12.5. The molecule has 108 valence electrons. The number of nitrogens with one attached hydrogen (secondary N) is 1. The van der Waals surface area contributed by atoms with Crippen molar-refractivity contribution in [1.29, 1.82) is 0 Å². The Morgan fingerprint density at radius 3 is 2.90 bits per heavy atom. The monoisotopic (exact) mass is 292 g/mol. The van der Waals surface area contributed by atoms with Gasteiger partial charge in [0.2, 0.25) is 11.8 Å². The minimum Gasteiger partial charge on any atom is -0.355 e. The largest absolute Gasteiger partial charge is 0.355 e. The zero-order valence-electron chi connectivity index (χ0n) is 11.7. The van der Waals surface area contributed by atoms with Crippen molar-refractivity contribution >= 4 is 23.2 Å². The summed E-state index contributed by atoms with van der Waals surface area (Å²) < 4.78 is 0. The highest BCUT2D eigenvalue weighted by Gasteiger charge is 2.43. The molecule has 0 spiro atoms. The molecule has 0 radical (unpaired) electrons. The average molecular weight is 292 g/mol. The van der Waals surface area contributed by atoms with Crippen molar-refractivity contribution in [2.75, 3.05) is 13.6 Å². The van der Waals surface area contributed by atoms with Crippen LogP contribution in [-0.4, -0.2) is 30.3 Å². The molecule has 2 atom stereocenters. The Bertz CT molecular complexity index is 496. The van der Waals surface area contributed by atoms with E-state index in [1.807, 2.05) is 17.5 Å². The molecule has 5 heteroatoms. The second-order valence-corrected chi connectivity index (χ2v) is 6.80. The Labute approximate surface area is 123 Å². The Morgan fingerprint density at radius 1 is 1.50 bits per heavy atom. The molecule has 1 N–H and O–H groups in total. The second kappa shape index (κ2) is 5.56. The van der Waals surface area contributed by atoms with Crippen LogP contribution in [-0.2, 0) is 9.59 Å². The molecule has 4 nitrogen and oxygen atoms in total. The van der Waals surface area contributed by atoms with Crippen LogP contribution in [0.3, 0.4) is 0 Å². The van der Waals surface area contributed by atoms with Crippen LogP contribution >= 0.6 is 11.3 Å². The highest BCUT2D eigenvalue weighted by Crippen LogP contribution is 2.39. The van der Waals surface area contributed by atoms with Crippen molar-refractivity contribution in [3.8, 4) is 0 Å². The van der Waals surface area contributed by atoms with E-state index < -0.39 is 0 Å². The first-order valence-corrected chi connectivity index (χ1v) is 8.11. The summed E-state index contributed by atoms with van der Waals surface area (Å²) >= 11 is 1.61. The maximum Gasteiger partial charge on any atom is 0.226 e. The van der Waals surface area contributed by atoms with Gasteiger partial charge >= 0.3 is 0 Å². The maximum absolute atomic E-state index is 12.4. The summed E-state index contributed by atoms with van der Waals surface area (Å²) in [6, 6.07) is 3.89. The van der Waals surface area contributed by atoms with E-state index in [1.54, 1.807) is 23.3 Å². The summed E-state index contributed by atoms with van der Waals surface area (Å²) in [5.41, 5.74) is 0. The van der Waals surface area contributed by atoms with Crippen LogP contribution in [0.15, 0.2) is 17.5 Å². The zero-order chi connectivity index (χ0) is 14.1. The molecule has 2 amide bonds. The lowest BCUT2D eigenvalue weighted by Gasteiger charge is -2.27. The molecule has 3 rings (SSSR count). The van der Waals surface area contributed by atoms with E-state index in [0.29, 0.717) is 12.3 Å². The number of hydrogen-bond donors (Lipinski definition) is 1. The van der Waals surface area contributed by atoms with E-state index in [-0.39, 0.29) is 23.8 Å². The van der Waals surface area contributed by atoms with Crippen LogP contribution in [0.4, 0.5) is 0 Å². The van der Waals surface area contributed by atoms with Gasteiger partial charge in [0, 0.05) is 24.9 Å². The fourth-order valence-electron chi connectivity index (χ4n) is 3.03. The minimum atomic E-state index is -0.244. The van der Waals surface area contributed by atoms with Crippen molar-refractivity contribution in [3.05, 3.63) is 22.4 Å². The average Bonchev–Trinajstić information content (AvgIpc) is 2.97. The van der Waals surface area contributed by atoms with Crippen LogP contribution < -0.4 is 5.32 Å². The number of amides is 2. The van der Waals surface area contributed by atoms with Gasteiger partial charge in [-0.2, -0.15) is 0 Å². The topological polar surface area (TPSA) is 49.4 Å². The number of rotatable bonds is 4. The van der Waals surface area contributed by atoms with Gasteiger partial charge in [-0.3, -0.25) is 9.59 Å². The maximum atomic E-state index is 12.4. The van der Waals surface area contributed by atoms with E-state index in [9.17, 15) is 9.59 Å². The van der Waals surface area contributed by atoms with Gasteiger partial charge in [-0.1, -0.05) is 12.5 Å². The Hall–Kier alpha value is -1.36. The van der Waals surface area contributed by atoms with Gasteiger partial charge in [0.15, 0.2) is 0 Å². The molecular weight excluding hydrogens is 272 g/mol. The van der Waals surface area contributed by atoms with Gasteiger partial charge in [-0.15, -0.1) is 11.3 Å². The molecule has 1 aliphatic heterocycles. The van der Waals surface area contributed by atoms with Gasteiger partial charge in [-0.25, -0.2) is 0 Å². The molecule has 1 aromatic rings. The lowest BCUT2D eigenvalue weighted by atomic mass is 9.85. The van der Waals surface area contributed by atoms with Gasteiger partial charge in [-0.05, 0) is 30.2 Å². The first-order valence-electron chi connectivity index (χ1n) is 7.23. The SMILES string of the molecule is CN1C(=O)CC(C(=O)NCC2CCC2)C1c1cccs1. The van der Waals surface area contributed by atoms with Crippen LogP contribution in [0, 0.1) is 11.8 Å². The normalized spacial score (nSPS) is 26.6. The van der Waals surface area contributed by atoms with Gasteiger partial charge in [0.1, 0.15) is 0 Å². The number of hydrogen-bond acceptors (Lipinski definition) is 3.